The van der Waals surface area contributed by atoms with Gasteiger partial charge in [0.2, 0.25) is 5.90 Å². The highest BCUT2D eigenvalue weighted by Crippen LogP contribution is 2.29. The number of halogens is 1. The molecule has 0 spiro atoms. The lowest BCUT2D eigenvalue weighted by molar-refractivity contribution is 0.0995. The molecular weight excluding hydrogens is 382 g/mol. The zero-order valence-electron chi connectivity index (χ0n) is 15.4. The van der Waals surface area contributed by atoms with Crippen molar-refractivity contribution in [3.05, 3.63) is 40.6 Å². The van der Waals surface area contributed by atoms with E-state index in [0.29, 0.717) is 18.1 Å². The molecule has 1 saturated heterocycles. The summed E-state index contributed by atoms with van der Waals surface area (Å²) in [7, 11) is 0. The van der Waals surface area contributed by atoms with E-state index < -0.39 is 5.91 Å². The van der Waals surface area contributed by atoms with Crippen molar-refractivity contribution in [2.75, 3.05) is 18.0 Å². The average Bonchev–Trinajstić information content (AvgIpc) is 3.05. The Kier molecular flexibility index (Phi) is 4.64. The van der Waals surface area contributed by atoms with Crippen LogP contribution in [-0.4, -0.2) is 45.4 Å². The van der Waals surface area contributed by atoms with E-state index in [0.717, 1.165) is 37.4 Å². The lowest BCUT2D eigenvalue weighted by Gasteiger charge is -2.37. The van der Waals surface area contributed by atoms with Crippen LogP contribution in [0.25, 0.3) is 0 Å². The number of rotatable bonds is 3. The molecule has 2 aromatic rings. The van der Waals surface area contributed by atoms with Crippen molar-refractivity contribution in [2.24, 2.45) is 16.5 Å². The number of carbonyl (C=O) groups is 1. The number of ether oxygens (including phenoxy) is 1. The molecule has 2 aliphatic rings. The summed E-state index contributed by atoms with van der Waals surface area (Å²) in [6.07, 6.45) is 4.91. The van der Waals surface area contributed by atoms with Crippen molar-refractivity contribution >= 4 is 29.2 Å². The average molecular weight is 402 g/mol. The summed E-state index contributed by atoms with van der Waals surface area (Å²) in [6.45, 7) is 4.11. The van der Waals surface area contributed by atoms with Crippen LogP contribution in [0.2, 0.25) is 5.02 Å². The molecular formula is C18H20ClN7O2. The summed E-state index contributed by atoms with van der Waals surface area (Å²) < 4.78 is 5.77. The second-order valence-corrected chi connectivity index (χ2v) is 7.60. The maximum Gasteiger partial charge on any atom is 0.268 e. The lowest BCUT2D eigenvalue weighted by Crippen LogP contribution is -2.48. The highest BCUT2D eigenvalue weighted by atomic mass is 35.5. The number of aliphatic imine (C=N–C) groups is 1. The van der Waals surface area contributed by atoms with E-state index in [1.807, 2.05) is 0 Å². The smallest absolute Gasteiger partial charge is 0.268 e. The van der Waals surface area contributed by atoms with Crippen LogP contribution < -0.4 is 21.1 Å². The third-order valence-electron chi connectivity index (χ3n) is 4.93. The molecule has 0 atom stereocenters. The Bertz CT molecular complexity index is 966. The van der Waals surface area contributed by atoms with Gasteiger partial charge in [0.15, 0.2) is 5.75 Å². The largest absolute Gasteiger partial charge is 0.435 e. The minimum atomic E-state index is -0.733. The molecule has 28 heavy (non-hydrogen) atoms. The molecule has 4 N–H and O–H groups in total. The number of primary amides is 1. The topological polar surface area (TPSA) is 133 Å². The lowest BCUT2D eigenvalue weighted by atomic mass is 9.91. The Labute approximate surface area is 166 Å². The third kappa shape index (κ3) is 3.50. The number of amides is 1. The SMILES string of the molecule is CC1(N)CCN(c2cnc3c(n2)CN=C3Oc2ccnc(C(N)=O)c2Cl)CC1. The fourth-order valence-corrected chi connectivity index (χ4v) is 3.43. The molecule has 4 rings (SSSR count). The fourth-order valence-electron chi connectivity index (χ4n) is 3.19. The van der Waals surface area contributed by atoms with Crippen LogP contribution in [0.15, 0.2) is 23.5 Å². The van der Waals surface area contributed by atoms with Crippen LogP contribution in [-0.2, 0) is 6.54 Å². The fraction of sp³-hybridized carbons (Fsp3) is 0.389. The maximum absolute atomic E-state index is 11.4. The third-order valence-corrected chi connectivity index (χ3v) is 5.30. The van der Waals surface area contributed by atoms with Crippen molar-refractivity contribution in [1.29, 1.82) is 0 Å². The quantitative estimate of drug-likeness (QED) is 0.791. The highest BCUT2D eigenvalue weighted by molar-refractivity contribution is 6.35. The van der Waals surface area contributed by atoms with Crippen molar-refractivity contribution in [3.8, 4) is 5.75 Å². The van der Waals surface area contributed by atoms with Crippen LogP contribution in [0, 0.1) is 0 Å². The molecule has 0 aliphatic carbocycles. The van der Waals surface area contributed by atoms with Crippen LogP contribution in [0.4, 0.5) is 5.82 Å². The van der Waals surface area contributed by atoms with Gasteiger partial charge in [0, 0.05) is 30.9 Å². The van der Waals surface area contributed by atoms with Gasteiger partial charge in [-0.05, 0) is 19.8 Å². The Hall–Kier alpha value is -2.78. The van der Waals surface area contributed by atoms with E-state index in [4.69, 9.17) is 32.8 Å². The maximum atomic E-state index is 11.4. The summed E-state index contributed by atoms with van der Waals surface area (Å²) in [6, 6.07) is 1.54. The second kappa shape index (κ2) is 6.99. The summed E-state index contributed by atoms with van der Waals surface area (Å²) in [5.74, 6) is 0.611. The molecule has 146 valence electrons. The number of aromatic nitrogens is 3. The number of fused-ring (bicyclic) bond motifs is 1. The van der Waals surface area contributed by atoms with Gasteiger partial charge >= 0.3 is 0 Å². The van der Waals surface area contributed by atoms with Gasteiger partial charge in [-0.15, -0.1) is 0 Å². The first kappa shape index (κ1) is 18.6. The van der Waals surface area contributed by atoms with Crippen LogP contribution in [0.1, 0.15) is 41.6 Å². The van der Waals surface area contributed by atoms with Gasteiger partial charge in [-0.25, -0.2) is 19.9 Å². The number of nitrogens with two attached hydrogens (primary N) is 2. The van der Waals surface area contributed by atoms with Gasteiger partial charge in [-0.1, -0.05) is 11.6 Å². The van der Waals surface area contributed by atoms with Crippen molar-refractivity contribution in [1.82, 2.24) is 15.0 Å². The van der Waals surface area contributed by atoms with Gasteiger partial charge in [0.05, 0.1) is 18.4 Å². The number of hydrogen-bond donors (Lipinski definition) is 2. The molecule has 2 aliphatic heterocycles. The molecule has 10 heteroatoms. The molecule has 0 radical (unpaired) electrons. The minimum absolute atomic E-state index is 0.0360. The summed E-state index contributed by atoms with van der Waals surface area (Å²) in [5.41, 5.74) is 12.6. The zero-order valence-corrected chi connectivity index (χ0v) is 16.1. The number of piperidine rings is 1. The highest BCUT2D eigenvalue weighted by Gasteiger charge is 2.29. The molecule has 2 aromatic heterocycles. The van der Waals surface area contributed by atoms with Crippen molar-refractivity contribution < 1.29 is 9.53 Å². The second-order valence-electron chi connectivity index (χ2n) is 7.22. The first-order valence-corrected chi connectivity index (χ1v) is 9.28. The van der Waals surface area contributed by atoms with E-state index in [-0.39, 0.29) is 22.0 Å². The standard InChI is InChI=1S/C18H20ClN7O2/c1-18(21)3-6-26(7-4-18)12-9-23-14-10(25-12)8-24-17(14)28-11-2-5-22-15(13(11)19)16(20)27/h2,5,9H,3-4,6-8,21H2,1H3,(H2,20,27). The van der Waals surface area contributed by atoms with Crippen LogP contribution in [0.5, 0.6) is 5.75 Å². The van der Waals surface area contributed by atoms with Gasteiger partial charge in [-0.3, -0.25) is 4.79 Å². The Balaban J connectivity index is 1.53. The van der Waals surface area contributed by atoms with Gasteiger partial charge in [0.25, 0.3) is 5.91 Å². The number of nitrogens with zero attached hydrogens (tertiary/aromatic N) is 5. The first-order chi connectivity index (χ1) is 13.3. The molecule has 0 aromatic carbocycles. The number of carbonyl (C=O) groups excluding carboxylic acids is 1. The Morgan fingerprint density at radius 2 is 2.07 bits per heavy atom. The predicted molar refractivity (Wildman–Crippen MR) is 105 cm³/mol. The number of pyridine rings is 1. The molecule has 0 unspecified atom stereocenters. The summed E-state index contributed by atoms with van der Waals surface area (Å²) in [5, 5.41) is 0.0360. The van der Waals surface area contributed by atoms with Gasteiger partial charge in [0.1, 0.15) is 22.2 Å². The molecule has 1 fully saturated rings. The molecule has 4 heterocycles. The normalized spacial score (nSPS) is 17.8. The number of hydrogen-bond acceptors (Lipinski definition) is 8. The predicted octanol–water partition coefficient (Wildman–Crippen LogP) is 1.28. The van der Waals surface area contributed by atoms with E-state index in [1.54, 1.807) is 6.20 Å². The summed E-state index contributed by atoms with van der Waals surface area (Å²) >= 11 is 6.16. The van der Waals surface area contributed by atoms with E-state index in [1.165, 1.54) is 12.3 Å². The molecule has 1 amide bonds. The molecule has 0 bridgehead atoms. The van der Waals surface area contributed by atoms with E-state index in [9.17, 15) is 4.79 Å². The van der Waals surface area contributed by atoms with Crippen molar-refractivity contribution in [3.63, 3.8) is 0 Å². The zero-order chi connectivity index (χ0) is 19.9. The summed E-state index contributed by atoms with van der Waals surface area (Å²) in [4.78, 5) is 31.0. The molecule has 0 saturated carbocycles. The van der Waals surface area contributed by atoms with Crippen LogP contribution in [0.3, 0.4) is 0 Å². The Morgan fingerprint density at radius 3 is 2.79 bits per heavy atom. The van der Waals surface area contributed by atoms with Crippen molar-refractivity contribution in [2.45, 2.75) is 31.8 Å². The van der Waals surface area contributed by atoms with Crippen LogP contribution >= 0.6 is 11.6 Å². The first-order valence-electron chi connectivity index (χ1n) is 8.91. The van der Waals surface area contributed by atoms with E-state index >= 15 is 0 Å². The number of anilines is 1. The van der Waals surface area contributed by atoms with Gasteiger partial charge < -0.3 is 21.1 Å². The monoisotopic (exact) mass is 401 g/mol. The molecule has 9 nitrogen and oxygen atoms in total. The minimum Gasteiger partial charge on any atom is -0.435 e. The Morgan fingerprint density at radius 1 is 1.32 bits per heavy atom. The van der Waals surface area contributed by atoms with Gasteiger partial charge in [-0.2, -0.15) is 0 Å². The van der Waals surface area contributed by atoms with E-state index in [2.05, 4.69) is 26.8 Å².